The molecular formula is C15H21BrO2. The Hall–Kier alpha value is -0.830. The maximum Gasteiger partial charge on any atom is 0.306 e. The lowest BCUT2D eigenvalue weighted by atomic mass is 9.85. The molecule has 3 heteroatoms. The predicted molar refractivity (Wildman–Crippen MR) is 77.7 cm³/mol. The van der Waals surface area contributed by atoms with Crippen LogP contribution in [0.5, 0.6) is 0 Å². The van der Waals surface area contributed by atoms with Gasteiger partial charge in [0.1, 0.15) is 0 Å². The van der Waals surface area contributed by atoms with Crippen molar-refractivity contribution in [3.63, 3.8) is 0 Å². The first-order valence-electron chi connectivity index (χ1n) is 6.25. The topological polar surface area (TPSA) is 37.3 Å². The molecule has 0 radical (unpaired) electrons. The molecule has 1 aromatic rings. The Morgan fingerprint density at radius 1 is 1.39 bits per heavy atom. The van der Waals surface area contributed by atoms with Gasteiger partial charge in [0.2, 0.25) is 0 Å². The summed E-state index contributed by atoms with van der Waals surface area (Å²) < 4.78 is 1.000. The number of carbonyl (C=O) groups is 1. The summed E-state index contributed by atoms with van der Waals surface area (Å²) in [5.41, 5.74) is 1.26. The van der Waals surface area contributed by atoms with Gasteiger partial charge in [0.25, 0.3) is 0 Å². The van der Waals surface area contributed by atoms with E-state index in [0.717, 1.165) is 22.9 Å². The summed E-state index contributed by atoms with van der Waals surface area (Å²) in [6.07, 6.45) is 2.26. The summed E-state index contributed by atoms with van der Waals surface area (Å²) in [5, 5.41) is 9.29. The van der Waals surface area contributed by atoms with Crippen LogP contribution in [-0.4, -0.2) is 11.1 Å². The second-order valence-electron chi connectivity index (χ2n) is 5.97. The van der Waals surface area contributed by atoms with Gasteiger partial charge in [0.15, 0.2) is 0 Å². The number of rotatable bonds is 5. The minimum absolute atomic E-state index is 0.185. The zero-order chi connectivity index (χ0) is 13.8. The van der Waals surface area contributed by atoms with Crippen LogP contribution >= 0.6 is 15.9 Å². The van der Waals surface area contributed by atoms with Crippen LogP contribution < -0.4 is 0 Å². The SMILES string of the molecule is CC(C)(C)CCC(Cc1cccc(Br)c1)C(=O)O. The molecule has 0 spiro atoms. The van der Waals surface area contributed by atoms with Crippen molar-refractivity contribution in [2.45, 2.75) is 40.0 Å². The van der Waals surface area contributed by atoms with Crippen LogP contribution in [0, 0.1) is 11.3 Å². The normalized spacial score (nSPS) is 13.3. The molecule has 0 saturated carbocycles. The van der Waals surface area contributed by atoms with Gasteiger partial charge in [-0.1, -0.05) is 48.8 Å². The van der Waals surface area contributed by atoms with Crippen LogP contribution in [0.2, 0.25) is 0 Å². The molecule has 1 rings (SSSR count). The lowest BCUT2D eigenvalue weighted by molar-refractivity contribution is -0.142. The van der Waals surface area contributed by atoms with Crippen LogP contribution in [0.1, 0.15) is 39.2 Å². The summed E-state index contributed by atoms with van der Waals surface area (Å²) in [5.74, 6) is -0.988. The number of carboxylic acid groups (broad SMARTS) is 1. The van der Waals surface area contributed by atoms with Crippen LogP contribution in [0.15, 0.2) is 28.7 Å². The quantitative estimate of drug-likeness (QED) is 0.868. The third-order valence-corrected chi connectivity index (χ3v) is 3.46. The first kappa shape index (κ1) is 15.2. The van der Waals surface area contributed by atoms with Crippen molar-refractivity contribution in [3.05, 3.63) is 34.3 Å². The highest BCUT2D eigenvalue weighted by Gasteiger charge is 2.21. The molecule has 0 aromatic heterocycles. The van der Waals surface area contributed by atoms with E-state index in [4.69, 9.17) is 0 Å². The van der Waals surface area contributed by atoms with Crippen molar-refractivity contribution in [2.24, 2.45) is 11.3 Å². The van der Waals surface area contributed by atoms with Crippen molar-refractivity contribution in [2.75, 3.05) is 0 Å². The second kappa shape index (κ2) is 6.37. The molecular weight excluding hydrogens is 292 g/mol. The Balaban J connectivity index is 2.66. The van der Waals surface area contributed by atoms with Crippen molar-refractivity contribution in [1.82, 2.24) is 0 Å². The minimum atomic E-state index is -0.695. The molecule has 1 N–H and O–H groups in total. The predicted octanol–water partition coefficient (Wildman–Crippen LogP) is 4.52. The molecule has 0 heterocycles. The fraction of sp³-hybridized carbons (Fsp3) is 0.533. The second-order valence-corrected chi connectivity index (χ2v) is 6.88. The van der Waals surface area contributed by atoms with E-state index in [1.165, 1.54) is 0 Å². The van der Waals surface area contributed by atoms with Crippen molar-refractivity contribution in [3.8, 4) is 0 Å². The molecule has 0 aliphatic carbocycles. The fourth-order valence-corrected chi connectivity index (χ4v) is 2.32. The molecule has 0 saturated heterocycles. The molecule has 0 amide bonds. The lowest BCUT2D eigenvalue weighted by Crippen LogP contribution is -2.19. The highest BCUT2D eigenvalue weighted by atomic mass is 79.9. The van der Waals surface area contributed by atoms with Crippen LogP contribution in [0.3, 0.4) is 0 Å². The van der Waals surface area contributed by atoms with E-state index in [0.29, 0.717) is 6.42 Å². The fourth-order valence-electron chi connectivity index (χ4n) is 1.87. The van der Waals surface area contributed by atoms with Gasteiger partial charge in [-0.25, -0.2) is 0 Å². The zero-order valence-electron chi connectivity index (χ0n) is 11.2. The maximum atomic E-state index is 11.3. The van der Waals surface area contributed by atoms with E-state index < -0.39 is 5.97 Å². The maximum absolute atomic E-state index is 11.3. The van der Waals surface area contributed by atoms with E-state index >= 15 is 0 Å². The highest BCUT2D eigenvalue weighted by Crippen LogP contribution is 2.26. The number of hydrogen-bond acceptors (Lipinski definition) is 1. The Bertz CT molecular complexity index is 407. The van der Waals surface area contributed by atoms with E-state index in [9.17, 15) is 9.90 Å². The van der Waals surface area contributed by atoms with Crippen LogP contribution in [0.4, 0.5) is 0 Å². The molecule has 0 fully saturated rings. The Morgan fingerprint density at radius 2 is 2.06 bits per heavy atom. The van der Waals surface area contributed by atoms with Crippen molar-refractivity contribution in [1.29, 1.82) is 0 Å². The van der Waals surface area contributed by atoms with E-state index in [-0.39, 0.29) is 11.3 Å². The number of halogens is 1. The summed E-state index contributed by atoms with van der Waals surface area (Å²) in [7, 11) is 0. The third-order valence-electron chi connectivity index (χ3n) is 2.96. The highest BCUT2D eigenvalue weighted by molar-refractivity contribution is 9.10. The zero-order valence-corrected chi connectivity index (χ0v) is 12.8. The van der Waals surface area contributed by atoms with Gasteiger partial charge in [-0.2, -0.15) is 0 Å². The minimum Gasteiger partial charge on any atom is -0.481 e. The van der Waals surface area contributed by atoms with Gasteiger partial charge in [-0.15, -0.1) is 0 Å². The Labute approximate surface area is 118 Å². The number of hydrogen-bond donors (Lipinski definition) is 1. The molecule has 0 bridgehead atoms. The Kier molecular flexibility index (Phi) is 5.39. The van der Waals surface area contributed by atoms with Gasteiger partial charge in [0.05, 0.1) is 5.92 Å². The van der Waals surface area contributed by atoms with E-state index in [1.807, 2.05) is 24.3 Å². The van der Waals surface area contributed by atoms with Crippen molar-refractivity contribution < 1.29 is 9.90 Å². The number of carboxylic acids is 1. The van der Waals surface area contributed by atoms with Crippen molar-refractivity contribution >= 4 is 21.9 Å². The molecule has 100 valence electrons. The monoisotopic (exact) mass is 312 g/mol. The average molecular weight is 313 g/mol. The first-order chi connectivity index (χ1) is 8.28. The third kappa shape index (κ3) is 5.67. The summed E-state index contributed by atoms with van der Waals surface area (Å²) in [6.45, 7) is 6.43. The summed E-state index contributed by atoms with van der Waals surface area (Å²) >= 11 is 3.41. The molecule has 1 atom stereocenters. The van der Waals surface area contributed by atoms with Gasteiger partial charge < -0.3 is 5.11 Å². The lowest BCUT2D eigenvalue weighted by Gasteiger charge is -2.21. The smallest absolute Gasteiger partial charge is 0.306 e. The van der Waals surface area contributed by atoms with Gasteiger partial charge in [0, 0.05) is 4.47 Å². The first-order valence-corrected chi connectivity index (χ1v) is 7.04. The summed E-state index contributed by atoms with van der Waals surface area (Å²) in [4.78, 5) is 11.3. The van der Waals surface area contributed by atoms with E-state index in [2.05, 4.69) is 36.7 Å². The molecule has 18 heavy (non-hydrogen) atoms. The van der Waals surface area contributed by atoms with Gasteiger partial charge >= 0.3 is 5.97 Å². The van der Waals surface area contributed by atoms with Crippen LogP contribution in [0.25, 0.3) is 0 Å². The Morgan fingerprint density at radius 3 is 2.56 bits per heavy atom. The average Bonchev–Trinajstić information content (AvgIpc) is 2.22. The molecule has 2 nitrogen and oxygen atoms in total. The van der Waals surface area contributed by atoms with E-state index in [1.54, 1.807) is 0 Å². The summed E-state index contributed by atoms with van der Waals surface area (Å²) in [6, 6.07) is 7.88. The van der Waals surface area contributed by atoms with Gasteiger partial charge in [-0.3, -0.25) is 4.79 Å². The molecule has 1 aromatic carbocycles. The van der Waals surface area contributed by atoms with Crippen LogP contribution in [-0.2, 0) is 11.2 Å². The largest absolute Gasteiger partial charge is 0.481 e. The molecule has 0 aliphatic heterocycles. The molecule has 0 aliphatic rings. The number of benzene rings is 1. The number of aliphatic carboxylic acids is 1. The molecule has 1 unspecified atom stereocenters. The van der Waals surface area contributed by atoms with Gasteiger partial charge in [-0.05, 0) is 42.4 Å². The standard InChI is InChI=1S/C15H21BrO2/c1-15(2,3)8-7-12(14(17)18)9-11-5-4-6-13(16)10-11/h4-6,10,12H,7-9H2,1-3H3,(H,17,18).